The van der Waals surface area contributed by atoms with E-state index in [-0.39, 0.29) is 5.75 Å². The highest BCUT2D eigenvalue weighted by Gasteiger charge is 2.13. The first-order valence-corrected chi connectivity index (χ1v) is 8.52. The van der Waals surface area contributed by atoms with Crippen molar-refractivity contribution >= 4 is 22.7 Å². The summed E-state index contributed by atoms with van der Waals surface area (Å²) in [6.07, 6.45) is 0.774. The molecule has 1 N–H and O–H groups in total. The van der Waals surface area contributed by atoms with E-state index in [2.05, 4.69) is 24.3 Å². The zero-order valence-electron chi connectivity index (χ0n) is 13.3. The van der Waals surface area contributed by atoms with Gasteiger partial charge in [0.25, 0.3) is 0 Å². The van der Waals surface area contributed by atoms with Crippen molar-refractivity contribution in [3.63, 3.8) is 0 Å². The van der Waals surface area contributed by atoms with Gasteiger partial charge in [-0.15, -0.1) is 11.6 Å². The van der Waals surface area contributed by atoms with Crippen molar-refractivity contribution < 1.29 is 5.11 Å². The minimum Gasteiger partial charge on any atom is -0.508 e. The van der Waals surface area contributed by atoms with Crippen LogP contribution >= 0.6 is 11.6 Å². The second kappa shape index (κ2) is 7.85. The second-order valence-corrected chi connectivity index (χ2v) is 5.95. The first-order chi connectivity index (χ1) is 11.8. The highest BCUT2D eigenvalue weighted by Crippen LogP contribution is 2.35. The fourth-order valence-corrected chi connectivity index (χ4v) is 3.08. The van der Waals surface area contributed by atoms with Crippen molar-refractivity contribution in [2.45, 2.75) is 6.42 Å². The maximum atomic E-state index is 9.63. The Hall–Kier alpha value is -2.51. The standard InChI is InChI=1S/C22H19ClO/c23-16-15-21(17-7-3-1-4-8-17)22(18-9-5-2-6-10-18)19-11-13-20(24)14-12-19/h1-14,24H,15-16H2/b22-21-. The fraction of sp³-hybridized carbons (Fsp3) is 0.0909. The topological polar surface area (TPSA) is 20.2 Å². The summed E-state index contributed by atoms with van der Waals surface area (Å²) in [5.74, 6) is 0.823. The summed E-state index contributed by atoms with van der Waals surface area (Å²) in [6.45, 7) is 0. The highest BCUT2D eigenvalue weighted by atomic mass is 35.5. The van der Waals surface area contributed by atoms with Crippen LogP contribution in [0.25, 0.3) is 11.1 Å². The molecule has 0 aromatic heterocycles. The van der Waals surface area contributed by atoms with E-state index in [0.29, 0.717) is 5.88 Å². The van der Waals surface area contributed by atoms with Crippen LogP contribution < -0.4 is 0 Å². The molecule has 0 fully saturated rings. The maximum absolute atomic E-state index is 9.63. The molecule has 2 heteroatoms. The van der Waals surface area contributed by atoms with Crippen LogP contribution in [0.3, 0.4) is 0 Å². The molecule has 0 atom stereocenters. The van der Waals surface area contributed by atoms with E-state index in [1.807, 2.05) is 48.5 Å². The summed E-state index contributed by atoms with van der Waals surface area (Å²) >= 11 is 6.12. The number of hydrogen-bond donors (Lipinski definition) is 1. The molecule has 0 amide bonds. The van der Waals surface area contributed by atoms with E-state index in [0.717, 1.165) is 23.1 Å². The molecule has 0 aliphatic heterocycles. The molecule has 120 valence electrons. The van der Waals surface area contributed by atoms with Crippen molar-refractivity contribution in [1.29, 1.82) is 0 Å². The smallest absolute Gasteiger partial charge is 0.115 e. The van der Waals surface area contributed by atoms with Gasteiger partial charge in [-0.1, -0.05) is 72.8 Å². The van der Waals surface area contributed by atoms with E-state index < -0.39 is 0 Å². The maximum Gasteiger partial charge on any atom is 0.115 e. The molecule has 0 radical (unpaired) electrons. The van der Waals surface area contributed by atoms with Crippen molar-refractivity contribution in [2.24, 2.45) is 0 Å². The zero-order chi connectivity index (χ0) is 16.8. The molecule has 3 aromatic carbocycles. The quantitative estimate of drug-likeness (QED) is 0.449. The fourth-order valence-electron chi connectivity index (χ4n) is 2.90. The van der Waals surface area contributed by atoms with Gasteiger partial charge in [-0.2, -0.15) is 0 Å². The average molecular weight is 335 g/mol. The molecular weight excluding hydrogens is 316 g/mol. The molecule has 24 heavy (non-hydrogen) atoms. The van der Waals surface area contributed by atoms with Crippen LogP contribution in [-0.4, -0.2) is 11.0 Å². The van der Waals surface area contributed by atoms with E-state index in [9.17, 15) is 5.11 Å². The molecular formula is C22H19ClO. The molecule has 0 saturated heterocycles. The third kappa shape index (κ3) is 3.69. The Morgan fingerprint density at radius 2 is 1.17 bits per heavy atom. The summed E-state index contributed by atoms with van der Waals surface area (Å²) in [5.41, 5.74) is 5.75. The summed E-state index contributed by atoms with van der Waals surface area (Å²) in [7, 11) is 0. The molecule has 0 unspecified atom stereocenters. The van der Waals surface area contributed by atoms with E-state index >= 15 is 0 Å². The summed E-state index contributed by atoms with van der Waals surface area (Å²) in [6, 6.07) is 28.0. The van der Waals surface area contributed by atoms with Gasteiger partial charge >= 0.3 is 0 Å². The van der Waals surface area contributed by atoms with Gasteiger partial charge in [0, 0.05) is 5.88 Å². The van der Waals surface area contributed by atoms with Gasteiger partial charge in [0.1, 0.15) is 5.75 Å². The van der Waals surface area contributed by atoms with Crippen LogP contribution in [0.2, 0.25) is 0 Å². The molecule has 3 aromatic rings. The average Bonchev–Trinajstić information content (AvgIpc) is 2.64. The van der Waals surface area contributed by atoms with Crippen molar-refractivity contribution in [3.05, 3.63) is 102 Å². The third-order valence-electron chi connectivity index (χ3n) is 3.99. The lowest BCUT2D eigenvalue weighted by Gasteiger charge is -2.17. The number of phenolic OH excluding ortho intramolecular Hbond substituents is 1. The molecule has 0 aliphatic carbocycles. The van der Waals surface area contributed by atoms with Crippen LogP contribution in [0, 0.1) is 0 Å². The summed E-state index contributed by atoms with van der Waals surface area (Å²) in [4.78, 5) is 0. The molecule has 0 aliphatic rings. The molecule has 0 spiro atoms. The lowest BCUT2D eigenvalue weighted by Crippen LogP contribution is -1.96. The molecule has 0 heterocycles. The van der Waals surface area contributed by atoms with Gasteiger partial charge in [0.05, 0.1) is 0 Å². The van der Waals surface area contributed by atoms with Crippen LogP contribution in [-0.2, 0) is 0 Å². The number of phenols is 1. The normalized spacial score (nSPS) is 11.9. The van der Waals surface area contributed by atoms with Crippen molar-refractivity contribution in [1.82, 2.24) is 0 Å². The predicted molar refractivity (Wildman–Crippen MR) is 102 cm³/mol. The van der Waals surface area contributed by atoms with Crippen molar-refractivity contribution in [3.8, 4) is 5.75 Å². The number of benzene rings is 3. The number of rotatable bonds is 5. The first-order valence-electron chi connectivity index (χ1n) is 7.99. The number of alkyl halides is 1. The molecule has 3 rings (SSSR count). The number of aromatic hydroxyl groups is 1. The largest absolute Gasteiger partial charge is 0.508 e. The Kier molecular flexibility index (Phi) is 5.35. The minimum atomic E-state index is 0.268. The van der Waals surface area contributed by atoms with Crippen LogP contribution in [0.15, 0.2) is 84.9 Å². The molecule has 0 bridgehead atoms. The van der Waals surface area contributed by atoms with E-state index in [1.165, 1.54) is 11.1 Å². The molecule has 0 saturated carbocycles. The second-order valence-electron chi connectivity index (χ2n) is 5.57. The number of halogens is 1. The highest BCUT2D eigenvalue weighted by molar-refractivity contribution is 6.18. The lowest BCUT2D eigenvalue weighted by molar-refractivity contribution is 0.475. The lowest BCUT2D eigenvalue weighted by atomic mass is 9.88. The Morgan fingerprint density at radius 3 is 1.71 bits per heavy atom. The first kappa shape index (κ1) is 16.4. The zero-order valence-corrected chi connectivity index (χ0v) is 14.1. The summed E-state index contributed by atoms with van der Waals surface area (Å²) in [5, 5.41) is 9.63. The van der Waals surface area contributed by atoms with Crippen LogP contribution in [0.5, 0.6) is 5.75 Å². The van der Waals surface area contributed by atoms with Crippen LogP contribution in [0.1, 0.15) is 23.1 Å². The Morgan fingerprint density at radius 1 is 0.667 bits per heavy atom. The van der Waals surface area contributed by atoms with Gasteiger partial charge in [-0.05, 0) is 46.4 Å². The predicted octanol–water partition coefficient (Wildman–Crippen LogP) is 5.98. The van der Waals surface area contributed by atoms with E-state index in [1.54, 1.807) is 12.1 Å². The van der Waals surface area contributed by atoms with Gasteiger partial charge in [-0.25, -0.2) is 0 Å². The third-order valence-corrected chi connectivity index (χ3v) is 4.18. The Balaban J connectivity index is 2.26. The summed E-state index contributed by atoms with van der Waals surface area (Å²) < 4.78 is 0. The minimum absolute atomic E-state index is 0.268. The number of hydrogen-bond acceptors (Lipinski definition) is 1. The van der Waals surface area contributed by atoms with E-state index in [4.69, 9.17) is 11.6 Å². The van der Waals surface area contributed by atoms with Gasteiger partial charge in [-0.3, -0.25) is 0 Å². The van der Waals surface area contributed by atoms with Gasteiger partial charge in [0.15, 0.2) is 0 Å². The molecule has 1 nitrogen and oxygen atoms in total. The van der Waals surface area contributed by atoms with Gasteiger partial charge < -0.3 is 5.11 Å². The Bertz CT molecular complexity index is 806. The Labute approximate surface area is 147 Å². The number of allylic oxidation sites excluding steroid dienone is 1. The van der Waals surface area contributed by atoms with Gasteiger partial charge in [0.2, 0.25) is 0 Å². The SMILES string of the molecule is Oc1ccc(/C(=C(/CCCl)c2ccccc2)c2ccccc2)cc1. The van der Waals surface area contributed by atoms with Crippen LogP contribution in [0.4, 0.5) is 0 Å². The van der Waals surface area contributed by atoms with Crippen molar-refractivity contribution in [2.75, 3.05) is 5.88 Å². The monoisotopic (exact) mass is 334 g/mol.